The summed E-state index contributed by atoms with van der Waals surface area (Å²) in [6, 6.07) is 13.8. The van der Waals surface area contributed by atoms with Crippen molar-refractivity contribution in [3.05, 3.63) is 59.2 Å². The summed E-state index contributed by atoms with van der Waals surface area (Å²) in [7, 11) is 0. The molecule has 4 nitrogen and oxygen atoms in total. The van der Waals surface area contributed by atoms with Crippen molar-refractivity contribution >= 4 is 29.3 Å². The Balaban J connectivity index is 1.37. The first kappa shape index (κ1) is 22.9. The van der Waals surface area contributed by atoms with E-state index in [4.69, 9.17) is 0 Å². The van der Waals surface area contributed by atoms with Crippen LogP contribution >= 0.6 is 11.8 Å². The molecule has 2 aromatic rings. The van der Waals surface area contributed by atoms with Gasteiger partial charge in [-0.15, -0.1) is 11.8 Å². The average Bonchev–Trinajstić information content (AvgIpc) is 3.43. The number of thioether (sulfide) groups is 1. The molecule has 0 radical (unpaired) electrons. The van der Waals surface area contributed by atoms with Crippen LogP contribution in [0.1, 0.15) is 61.0 Å². The molecule has 2 saturated carbocycles. The number of hydrogen-bond donors (Lipinski definition) is 2. The van der Waals surface area contributed by atoms with Gasteiger partial charge in [-0.1, -0.05) is 43.7 Å². The highest BCUT2D eigenvalue weighted by Crippen LogP contribution is 2.49. The molecular weight excluding hydrogens is 416 g/mol. The Labute approximate surface area is 195 Å². The molecule has 0 heterocycles. The number of nitrogens with one attached hydrogen (secondary N) is 2. The van der Waals surface area contributed by atoms with Crippen LogP contribution in [-0.4, -0.2) is 23.6 Å². The number of carbonyl (C=O) groups excluding carboxylic acids is 2. The van der Waals surface area contributed by atoms with Crippen molar-refractivity contribution in [3.63, 3.8) is 0 Å². The average molecular weight is 451 g/mol. The van der Waals surface area contributed by atoms with Gasteiger partial charge in [0, 0.05) is 16.6 Å². The molecule has 2 amide bonds. The number of hydrogen-bond acceptors (Lipinski definition) is 3. The van der Waals surface area contributed by atoms with Crippen LogP contribution in [0.15, 0.2) is 47.4 Å². The van der Waals surface area contributed by atoms with E-state index in [0.717, 1.165) is 40.0 Å². The van der Waals surface area contributed by atoms with E-state index in [1.165, 1.54) is 37.4 Å². The van der Waals surface area contributed by atoms with Gasteiger partial charge in [-0.2, -0.15) is 0 Å². The second-order valence-electron chi connectivity index (χ2n) is 9.40. The number of para-hydroxylation sites is 1. The number of fused-ring (bicyclic) bond motifs is 2. The molecule has 2 aliphatic carbocycles. The Kier molecular flexibility index (Phi) is 7.24. The molecule has 0 aromatic heterocycles. The Hall–Kier alpha value is -2.27. The predicted octanol–water partition coefficient (Wildman–Crippen LogP) is 5.84. The van der Waals surface area contributed by atoms with Gasteiger partial charge in [0.25, 0.3) is 5.91 Å². The maximum atomic E-state index is 13.1. The van der Waals surface area contributed by atoms with Crippen molar-refractivity contribution in [2.24, 2.45) is 17.8 Å². The summed E-state index contributed by atoms with van der Waals surface area (Å²) in [5.74, 6) is 2.54. The normalized spacial score (nSPS) is 22.5. The molecule has 4 rings (SSSR count). The Morgan fingerprint density at radius 3 is 2.62 bits per heavy atom. The molecular formula is C27H34N2O2S. The van der Waals surface area contributed by atoms with Crippen molar-refractivity contribution in [1.82, 2.24) is 5.32 Å². The number of anilines is 1. The second kappa shape index (κ2) is 10.1. The molecule has 2 aliphatic rings. The van der Waals surface area contributed by atoms with Crippen LogP contribution in [0.25, 0.3) is 0 Å². The van der Waals surface area contributed by atoms with Crippen LogP contribution in [0, 0.1) is 24.7 Å². The van der Waals surface area contributed by atoms with E-state index in [1.807, 2.05) is 49.4 Å². The number of carbonyl (C=O) groups is 2. The zero-order valence-corrected chi connectivity index (χ0v) is 20.1. The Morgan fingerprint density at radius 2 is 1.91 bits per heavy atom. The number of amides is 2. The first-order chi connectivity index (χ1) is 15.5. The maximum Gasteiger partial charge on any atom is 0.256 e. The van der Waals surface area contributed by atoms with Crippen LogP contribution < -0.4 is 10.6 Å². The number of aryl methyl sites for hydroxylation is 2. The molecule has 0 aliphatic heterocycles. The fourth-order valence-corrected chi connectivity index (χ4v) is 6.48. The smallest absolute Gasteiger partial charge is 0.256 e. The molecule has 0 unspecified atom stereocenters. The van der Waals surface area contributed by atoms with Gasteiger partial charge in [0.2, 0.25) is 5.91 Å². The molecule has 2 bridgehead atoms. The lowest BCUT2D eigenvalue weighted by molar-refractivity contribution is -0.119. The molecule has 0 saturated heterocycles. The summed E-state index contributed by atoms with van der Waals surface area (Å²) >= 11 is 1.44. The van der Waals surface area contributed by atoms with E-state index < -0.39 is 0 Å². The summed E-state index contributed by atoms with van der Waals surface area (Å²) < 4.78 is 0. The van der Waals surface area contributed by atoms with E-state index >= 15 is 0 Å². The largest absolute Gasteiger partial charge is 0.353 e. The summed E-state index contributed by atoms with van der Waals surface area (Å²) in [5.41, 5.74) is 3.67. The summed E-state index contributed by atoms with van der Waals surface area (Å²) in [5, 5.41) is 6.33. The van der Waals surface area contributed by atoms with Crippen molar-refractivity contribution in [2.45, 2.75) is 63.8 Å². The first-order valence-electron chi connectivity index (χ1n) is 11.9. The predicted molar refractivity (Wildman–Crippen MR) is 132 cm³/mol. The molecule has 4 atom stereocenters. The van der Waals surface area contributed by atoms with Gasteiger partial charge in [0.1, 0.15) is 0 Å². The number of benzene rings is 2. The fraction of sp³-hybridized carbons (Fsp3) is 0.481. The van der Waals surface area contributed by atoms with Gasteiger partial charge in [-0.25, -0.2) is 0 Å². The van der Waals surface area contributed by atoms with Gasteiger partial charge < -0.3 is 10.6 Å². The Bertz CT molecular complexity index is 989. The minimum absolute atomic E-state index is 0.0488. The fourth-order valence-electron chi connectivity index (χ4n) is 5.62. The van der Waals surface area contributed by atoms with Gasteiger partial charge in [0.05, 0.1) is 11.3 Å². The lowest BCUT2D eigenvalue weighted by Gasteiger charge is -2.28. The monoisotopic (exact) mass is 450 g/mol. The Morgan fingerprint density at radius 1 is 1.09 bits per heavy atom. The summed E-state index contributed by atoms with van der Waals surface area (Å²) in [4.78, 5) is 26.6. The van der Waals surface area contributed by atoms with Crippen LogP contribution in [0.5, 0.6) is 0 Å². The van der Waals surface area contributed by atoms with Gasteiger partial charge in [-0.05, 0) is 80.5 Å². The van der Waals surface area contributed by atoms with Crippen LogP contribution in [-0.2, 0) is 11.2 Å². The molecule has 2 fully saturated rings. The van der Waals surface area contributed by atoms with Crippen molar-refractivity contribution in [3.8, 4) is 0 Å². The molecule has 32 heavy (non-hydrogen) atoms. The van der Waals surface area contributed by atoms with E-state index in [-0.39, 0.29) is 17.9 Å². The van der Waals surface area contributed by atoms with Crippen LogP contribution in [0.3, 0.4) is 0 Å². The zero-order valence-electron chi connectivity index (χ0n) is 19.3. The van der Waals surface area contributed by atoms with Crippen molar-refractivity contribution in [2.75, 3.05) is 11.1 Å². The van der Waals surface area contributed by atoms with E-state index in [9.17, 15) is 9.59 Å². The SMILES string of the molecule is CCc1cccc(C)c1NC(=O)c1ccccc1SCC(=O)N[C@@H](C)[C@@H]1C[C@H]2CC[C@H]1C2. The summed E-state index contributed by atoms with van der Waals surface area (Å²) in [6.07, 6.45) is 6.17. The molecule has 170 valence electrons. The highest BCUT2D eigenvalue weighted by Gasteiger charge is 2.42. The topological polar surface area (TPSA) is 58.2 Å². The van der Waals surface area contributed by atoms with Gasteiger partial charge in [-0.3, -0.25) is 9.59 Å². The molecule has 2 aromatic carbocycles. The quantitative estimate of drug-likeness (QED) is 0.497. The van der Waals surface area contributed by atoms with Crippen LogP contribution in [0.4, 0.5) is 5.69 Å². The minimum Gasteiger partial charge on any atom is -0.353 e. The second-order valence-corrected chi connectivity index (χ2v) is 10.4. The molecule has 2 N–H and O–H groups in total. The third-order valence-electron chi connectivity index (χ3n) is 7.29. The van der Waals surface area contributed by atoms with Crippen molar-refractivity contribution in [1.29, 1.82) is 0 Å². The molecule has 5 heteroatoms. The standard InChI is InChI=1S/C27H34N2O2S/c1-4-20-9-7-8-17(2)26(20)29-27(31)22-10-5-6-11-24(22)32-16-25(30)28-18(3)23-15-19-12-13-21(23)14-19/h5-11,18-19,21,23H,4,12-16H2,1-3H3,(H,28,30)(H,29,31)/t18-,19-,21-,23-/m0/s1. The minimum atomic E-state index is -0.132. The lowest BCUT2D eigenvalue weighted by Crippen LogP contribution is -2.40. The van der Waals surface area contributed by atoms with Gasteiger partial charge in [0.15, 0.2) is 0 Å². The van der Waals surface area contributed by atoms with Crippen LogP contribution in [0.2, 0.25) is 0 Å². The highest BCUT2D eigenvalue weighted by molar-refractivity contribution is 8.00. The van der Waals surface area contributed by atoms with E-state index in [1.54, 1.807) is 0 Å². The molecule has 0 spiro atoms. The van der Waals surface area contributed by atoms with E-state index in [2.05, 4.69) is 24.5 Å². The van der Waals surface area contributed by atoms with E-state index in [0.29, 0.717) is 17.2 Å². The maximum absolute atomic E-state index is 13.1. The first-order valence-corrected chi connectivity index (χ1v) is 12.9. The highest BCUT2D eigenvalue weighted by atomic mass is 32.2. The zero-order chi connectivity index (χ0) is 22.7. The third kappa shape index (κ3) is 5.03. The number of rotatable bonds is 8. The third-order valence-corrected chi connectivity index (χ3v) is 8.37. The summed E-state index contributed by atoms with van der Waals surface area (Å²) in [6.45, 7) is 6.25. The van der Waals surface area contributed by atoms with Crippen molar-refractivity contribution < 1.29 is 9.59 Å². The lowest BCUT2D eigenvalue weighted by atomic mass is 9.84. The van der Waals surface area contributed by atoms with Gasteiger partial charge >= 0.3 is 0 Å².